The number of rotatable bonds is 8. The summed E-state index contributed by atoms with van der Waals surface area (Å²) in [7, 11) is 1.66. The summed E-state index contributed by atoms with van der Waals surface area (Å²) in [6, 6.07) is 14.8. The van der Waals surface area contributed by atoms with Gasteiger partial charge in [-0.25, -0.2) is 4.79 Å². The summed E-state index contributed by atoms with van der Waals surface area (Å²) in [6.07, 6.45) is 0.747. The van der Waals surface area contributed by atoms with Gasteiger partial charge >= 0.3 is 12.1 Å². The maximum atomic E-state index is 13.0. The van der Waals surface area contributed by atoms with Gasteiger partial charge in [-0.15, -0.1) is 0 Å². The smallest absolute Gasteiger partial charge is 0.407 e. The van der Waals surface area contributed by atoms with Crippen molar-refractivity contribution >= 4 is 18.0 Å². The molecule has 2 atom stereocenters. The minimum Gasteiger partial charge on any atom is -0.481 e. The zero-order chi connectivity index (χ0) is 23.8. The third-order valence-electron chi connectivity index (χ3n) is 7.29. The number of carboxylic acid groups (broad SMARTS) is 1. The SMILES string of the molecule is CC(N(C)C(=O)C(CC(=O)O)NC(=O)OCC1c2ccccc2-c2ccccc21)C1(C)CC1. The number of hydrogen-bond donors (Lipinski definition) is 2. The van der Waals surface area contributed by atoms with Gasteiger partial charge in [0.25, 0.3) is 0 Å². The van der Waals surface area contributed by atoms with Crippen LogP contribution >= 0.6 is 0 Å². The number of ether oxygens (including phenoxy) is 1. The van der Waals surface area contributed by atoms with Crippen LogP contribution in [0.25, 0.3) is 11.1 Å². The van der Waals surface area contributed by atoms with E-state index in [2.05, 4.69) is 12.2 Å². The van der Waals surface area contributed by atoms with Crippen LogP contribution in [-0.4, -0.2) is 53.7 Å². The second-order valence-electron chi connectivity index (χ2n) is 9.40. The van der Waals surface area contributed by atoms with E-state index in [1.807, 2.05) is 55.5 Å². The van der Waals surface area contributed by atoms with Gasteiger partial charge in [0.2, 0.25) is 5.91 Å². The van der Waals surface area contributed by atoms with Crippen LogP contribution in [0.1, 0.15) is 50.2 Å². The molecule has 0 heterocycles. The molecule has 2 aromatic carbocycles. The average molecular weight is 451 g/mol. The number of amides is 2. The Bertz CT molecular complexity index is 1030. The molecule has 2 aliphatic carbocycles. The fourth-order valence-corrected chi connectivity index (χ4v) is 4.68. The van der Waals surface area contributed by atoms with Crippen molar-refractivity contribution in [3.63, 3.8) is 0 Å². The van der Waals surface area contributed by atoms with Gasteiger partial charge in [0, 0.05) is 19.0 Å². The van der Waals surface area contributed by atoms with Gasteiger partial charge in [-0.05, 0) is 47.4 Å². The number of aliphatic carboxylic acids is 1. The fourth-order valence-electron chi connectivity index (χ4n) is 4.68. The lowest BCUT2D eigenvalue weighted by Gasteiger charge is -2.32. The van der Waals surface area contributed by atoms with Crippen LogP contribution in [0, 0.1) is 5.41 Å². The molecule has 1 fully saturated rings. The van der Waals surface area contributed by atoms with Gasteiger partial charge < -0.3 is 20.1 Å². The van der Waals surface area contributed by atoms with Crippen LogP contribution in [0.2, 0.25) is 0 Å². The molecular weight excluding hydrogens is 420 g/mol. The molecule has 0 aromatic heterocycles. The van der Waals surface area contributed by atoms with Crippen LogP contribution in [0.3, 0.4) is 0 Å². The summed E-state index contributed by atoms with van der Waals surface area (Å²) in [5.74, 6) is -1.70. The molecule has 7 nitrogen and oxygen atoms in total. The Kier molecular flexibility index (Phi) is 6.15. The van der Waals surface area contributed by atoms with E-state index in [1.54, 1.807) is 11.9 Å². The van der Waals surface area contributed by atoms with E-state index >= 15 is 0 Å². The minimum atomic E-state index is -1.19. The molecule has 0 saturated heterocycles. The number of nitrogens with zero attached hydrogens (tertiary/aromatic N) is 1. The van der Waals surface area contributed by atoms with E-state index < -0.39 is 30.4 Å². The van der Waals surface area contributed by atoms with Gasteiger partial charge in [-0.1, -0.05) is 55.5 Å². The lowest BCUT2D eigenvalue weighted by Crippen LogP contribution is -2.52. The minimum absolute atomic E-state index is 0.0436. The largest absolute Gasteiger partial charge is 0.481 e. The predicted octanol–water partition coefficient (Wildman–Crippen LogP) is 4.02. The van der Waals surface area contributed by atoms with Crippen molar-refractivity contribution in [3.05, 3.63) is 59.7 Å². The average Bonchev–Trinajstić information content (AvgIpc) is 3.47. The first kappa shape index (κ1) is 22.8. The Morgan fingerprint density at radius 1 is 1.09 bits per heavy atom. The molecule has 0 aliphatic heterocycles. The van der Waals surface area contributed by atoms with Crippen molar-refractivity contribution in [2.45, 2.75) is 51.1 Å². The number of hydrogen-bond acceptors (Lipinski definition) is 4. The normalized spacial score (nSPS) is 17.3. The number of carbonyl (C=O) groups is 3. The highest BCUT2D eigenvalue weighted by Gasteiger charge is 2.46. The number of carboxylic acids is 1. The third kappa shape index (κ3) is 4.58. The van der Waals surface area contributed by atoms with Crippen LogP contribution in [0.5, 0.6) is 0 Å². The number of carbonyl (C=O) groups excluding carboxylic acids is 2. The molecule has 4 rings (SSSR count). The molecule has 2 N–H and O–H groups in total. The van der Waals surface area contributed by atoms with Gasteiger partial charge in [0.15, 0.2) is 0 Å². The summed E-state index contributed by atoms with van der Waals surface area (Å²) in [5.41, 5.74) is 4.43. The first-order valence-electron chi connectivity index (χ1n) is 11.3. The Balaban J connectivity index is 1.43. The maximum absolute atomic E-state index is 13.0. The number of nitrogens with one attached hydrogen (secondary N) is 1. The lowest BCUT2D eigenvalue weighted by molar-refractivity contribution is -0.143. The molecule has 2 amide bonds. The van der Waals surface area contributed by atoms with Gasteiger partial charge in [-0.2, -0.15) is 0 Å². The number of alkyl carbamates (subject to hydrolysis) is 1. The molecule has 0 radical (unpaired) electrons. The number of fused-ring (bicyclic) bond motifs is 3. The van der Waals surface area contributed by atoms with Crippen molar-refractivity contribution in [3.8, 4) is 11.1 Å². The highest BCUT2D eigenvalue weighted by Crippen LogP contribution is 2.49. The van der Waals surface area contributed by atoms with Crippen molar-refractivity contribution in [2.24, 2.45) is 5.41 Å². The Hall–Kier alpha value is -3.35. The van der Waals surface area contributed by atoms with E-state index in [0.29, 0.717) is 0 Å². The predicted molar refractivity (Wildman–Crippen MR) is 124 cm³/mol. The Morgan fingerprint density at radius 3 is 2.15 bits per heavy atom. The summed E-state index contributed by atoms with van der Waals surface area (Å²) in [5, 5.41) is 11.8. The molecule has 33 heavy (non-hydrogen) atoms. The van der Waals surface area contributed by atoms with Crippen molar-refractivity contribution in [2.75, 3.05) is 13.7 Å². The fraction of sp³-hybridized carbons (Fsp3) is 0.423. The molecule has 0 spiro atoms. The van der Waals surface area contributed by atoms with E-state index in [9.17, 15) is 19.5 Å². The van der Waals surface area contributed by atoms with E-state index in [1.165, 1.54) is 0 Å². The molecule has 174 valence electrons. The Morgan fingerprint density at radius 2 is 1.64 bits per heavy atom. The molecule has 7 heteroatoms. The zero-order valence-electron chi connectivity index (χ0n) is 19.2. The molecule has 2 aromatic rings. The van der Waals surface area contributed by atoms with Crippen molar-refractivity contribution < 1.29 is 24.2 Å². The quantitative estimate of drug-likeness (QED) is 0.633. The monoisotopic (exact) mass is 450 g/mol. The second-order valence-corrected chi connectivity index (χ2v) is 9.40. The first-order chi connectivity index (χ1) is 15.7. The highest BCUT2D eigenvalue weighted by atomic mass is 16.5. The van der Waals surface area contributed by atoms with Gasteiger partial charge in [0.05, 0.1) is 6.42 Å². The maximum Gasteiger partial charge on any atom is 0.407 e. The van der Waals surface area contributed by atoms with Crippen LogP contribution in [0.4, 0.5) is 4.79 Å². The molecule has 1 saturated carbocycles. The standard InChI is InChI=1S/C26H30N2O5/c1-16(26(2)12-13-26)28(3)24(31)22(14-23(29)30)27-25(32)33-15-21-19-10-6-4-8-17(19)18-9-5-7-11-20(18)21/h4-11,16,21-22H,12-15H2,1-3H3,(H,27,32)(H,29,30). The third-order valence-corrected chi connectivity index (χ3v) is 7.29. The summed E-state index contributed by atoms with van der Waals surface area (Å²) in [4.78, 5) is 38.6. The summed E-state index contributed by atoms with van der Waals surface area (Å²) >= 11 is 0. The van der Waals surface area contributed by atoms with Crippen molar-refractivity contribution in [1.29, 1.82) is 0 Å². The lowest BCUT2D eigenvalue weighted by atomic mass is 9.98. The van der Waals surface area contributed by atoms with Crippen molar-refractivity contribution in [1.82, 2.24) is 10.2 Å². The van der Waals surface area contributed by atoms with Crippen LogP contribution < -0.4 is 5.32 Å². The van der Waals surface area contributed by atoms with Crippen LogP contribution in [-0.2, 0) is 14.3 Å². The van der Waals surface area contributed by atoms with E-state index in [4.69, 9.17) is 4.74 Å². The first-order valence-corrected chi connectivity index (χ1v) is 11.3. The molecule has 0 bridgehead atoms. The summed E-state index contributed by atoms with van der Waals surface area (Å²) in [6.45, 7) is 4.15. The second kappa shape index (κ2) is 8.89. The van der Waals surface area contributed by atoms with Gasteiger partial charge in [0.1, 0.15) is 12.6 Å². The molecular formula is C26H30N2O5. The molecule has 2 aliphatic rings. The summed E-state index contributed by atoms with van der Waals surface area (Å²) < 4.78 is 5.51. The highest BCUT2D eigenvalue weighted by molar-refractivity contribution is 5.89. The molecule has 2 unspecified atom stereocenters. The number of benzene rings is 2. The zero-order valence-corrected chi connectivity index (χ0v) is 19.2. The Labute approximate surface area is 193 Å². The van der Waals surface area contributed by atoms with Crippen LogP contribution in [0.15, 0.2) is 48.5 Å². The number of likely N-dealkylation sites (N-methyl/N-ethyl adjacent to an activating group) is 1. The van der Waals surface area contributed by atoms with E-state index in [-0.39, 0.29) is 24.0 Å². The topological polar surface area (TPSA) is 95.9 Å². The van der Waals surface area contributed by atoms with E-state index in [0.717, 1.165) is 35.1 Å². The van der Waals surface area contributed by atoms with Gasteiger partial charge in [-0.3, -0.25) is 9.59 Å².